The van der Waals surface area contributed by atoms with E-state index in [1.807, 2.05) is 0 Å². The molecule has 0 saturated heterocycles. The van der Waals surface area contributed by atoms with E-state index in [-0.39, 0.29) is 16.4 Å². The third-order valence-corrected chi connectivity index (χ3v) is 3.28. The van der Waals surface area contributed by atoms with Crippen molar-refractivity contribution in [2.24, 2.45) is 0 Å². The molecule has 1 N–H and O–H groups in total. The minimum atomic E-state index is -1.10. The average molecular weight is 357 g/mol. The Balaban J connectivity index is 1.99. The van der Waals surface area contributed by atoms with Gasteiger partial charge in [0.25, 0.3) is 5.91 Å². The van der Waals surface area contributed by atoms with Crippen LogP contribution in [0.3, 0.4) is 0 Å². The molecule has 0 spiro atoms. The second kappa shape index (κ2) is 7.39. The fourth-order valence-electron chi connectivity index (χ4n) is 1.59. The third-order valence-electron chi connectivity index (χ3n) is 2.78. The first kappa shape index (κ1) is 17.2. The molecule has 1 aromatic carbocycles. The Labute approximate surface area is 141 Å². The van der Waals surface area contributed by atoms with Gasteiger partial charge in [0.2, 0.25) is 0 Å². The van der Waals surface area contributed by atoms with Gasteiger partial charge in [0.05, 0.1) is 15.6 Å². The first-order chi connectivity index (χ1) is 10.9. The number of anilines is 1. The predicted molar refractivity (Wildman–Crippen MR) is 84.2 cm³/mol. The van der Waals surface area contributed by atoms with Gasteiger partial charge in [0.1, 0.15) is 5.82 Å². The van der Waals surface area contributed by atoms with Gasteiger partial charge in [-0.2, -0.15) is 0 Å². The average Bonchev–Trinajstić information content (AvgIpc) is 2.50. The zero-order valence-electron chi connectivity index (χ0n) is 11.8. The van der Waals surface area contributed by atoms with Gasteiger partial charge in [-0.15, -0.1) is 0 Å². The number of nitrogens with one attached hydrogen (secondary N) is 1. The van der Waals surface area contributed by atoms with Crippen LogP contribution < -0.4 is 5.32 Å². The highest BCUT2D eigenvalue weighted by molar-refractivity contribution is 6.36. The van der Waals surface area contributed by atoms with Crippen LogP contribution in [-0.4, -0.2) is 23.0 Å². The van der Waals surface area contributed by atoms with Gasteiger partial charge >= 0.3 is 5.97 Å². The number of nitrogens with zero attached hydrogens (tertiary/aromatic N) is 1. The lowest BCUT2D eigenvalue weighted by molar-refractivity contribution is -0.123. The summed E-state index contributed by atoms with van der Waals surface area (Å²) in [6.07, 6.45) is 0.221. The summed E-state index contributed by atoms with van der Waals surface area (Å²) >= 11 is 11.6. The zero-order valence-corrected chi connectivity index (χ0v) is 13.4. The van der Waals surface area contributed by atoms with E-state index < -0.39 is 23.8 Å². The maximum Gasteiger partial charge on any atom is 0.338 e. The number of aromatic nitrogens is 1. The number of pyridine rings is 1. The summed E-state index contributed by atoms with van der Waals surface area (Å²) in [5.74, 6) is -1.73. The lowest BCUT2D eigenvalue weighted by atomic mass is 10.2. The summed E-state index contributed by atoms with van der Waals surface area (Å²) < 4.78 is 17.8. The standard InChI is InChI=1S/C15H11Cl2FN2O3/c1-8(23-15(22)9-2-4-11(18)5-3-9)14(21)20-13-12(17)6-10(16)7-19-13/h2-8H,1H3,(H,19,20,21). The molecule has 1 aromatic heterocycles. The summed E-state index contributed by atoms with van der Waals surface area (Å²) in [7, 11) is 0. The lowest BCUT2D eigenvalue weighted by Gasteiger charge is -2.13. The lowest BCUT2D eigenvalue weighted by Crippen LogP contribution is -2.30. The summed E-state index contributed by atoms with van der Waals surface area (Å²) in [5, 5.41) is 2.90. The summed E-state index contributed by atoms with van der Waals surface area (Å²) in [6, 6.07) is 6.19. The van der Waals surface area contributed by atoms with Crippen molar-refractivity contribution in [3.05, 3.63) is 58.0 Å². The fourth-order valence-corrected chi connectivity index (χ4v) is 2.02. The van der Waals surface area contributed by atoms with Crippen molar-refractivity contribution in [2.45, 2.75) is 13.0 Å². The largest absolute Gasteiger partial charge is 0.449 e. The van der Waals surface area contributed by atoms with Crippen molar-refractivity contribution in [3.8, 4) is 0 Å². The second-order valence-electron chi connectivity index (χ2n) is 4.53. The third kappa shape index (κ3) is 4.64. The molecule has 1 heterocycles. The number of halogens is 3. The predicted octanol–water partition coefficient (Wildman–Crippen LogP) is 3.71. The fraction of sp³-hybridized carbons (Fsp3) is 0.133. The minimum absolute atomic E-state index is 0.103. The number of esters is 1. The Kier molecular flexibility index (Phi) is 5.52. The first-order valence-electron chi connectivity index (χ1n) is 6.45. The molecule has 23 heavy (non-hydrogen) atoms. The molecule has 0 saturated carbocycles. The van der Waals surface area contributed by atoms with Crippen molar-refractivity contribution >= 4 is 40.9 Å². The van der Waals surface area contributed by atoms with Gasteiger partial charge in [0, 0.05) is 6.20 Å². The number of ether oxygens (including phenoxy) is 1. The molecule has 2 rings (SSSR count). The van der Waals surface area contributed by atoms with E-state index in [2.05, 4.69) is 10.3 Å². The molecule has 0 radical (unpaired) electrons. The highest BCUT2D eigenvalue weighted by Crippen LogP contribution is 2.22. The molecule has 8 heteroatoms. The zero-order chi connectivity index (χ0) is 17.0. The molecule has 0 aliphatic carbocycles. The monoisotopic (exact) mass is 356 g/mol. The molecular weight excluding hydrogens is 346 g/mol. The number of carbonyl (C=O) groups is 2. The van der Waals surface area contributed by atoms with Crippen LogP contribution in [0.5, 0.6) is 0 Å². The maximum atomic E-state index is 12.8. The molecule has 1 atom stereocenters. The molecular formula is C15H11Cl2FN2O3. The highest BCUT2D eigenvalue weighted by atomic mass is 35.5. The molecule has 0 aliphatic rings. The van der Waals surface area contributed by atoms with Gasteiger partial charge < -0.3 is 10.1 Å². The molecule has 1 amide bonds. The van der Waals surface area contributed by atoms with E-state index in [0.717, 1.165) is 12.1 Å². The number of carbonyl (C=O) groups excluding carboxylic acids is 2. The summed E-state index contributed by atoms with van der Waals surface area (Å²) in [4.78, 5) is 27.7. The quantitative estimate of drug-likeness (QED) is 0.847. The van der Waals surface area contributed by atoms with Crippen molar-refractivity contribution in [1.82, 2.24) is 4.98 Å². The van der Waals surface area contributed by atoms with Crippen LogP contribution in [0, 0.1) is 5.82 Å². The molecule has 1 unspecified atom stereocenters. The van der Waals surface area contributed by atoms with Gasteiger partial charge in [-0.1, -0.05) is 23.2 Å². The van der Waals surface area contributed by atoms with Gasteiger partial charge in [-0.25, -0.2) is 14.2 Å². The van der Waals surface area contributed by atoms with Gasteiger partial charge in [-0.05, 0) is 37.3 Å². The molecule has 2 aromatic rings. The van der Waals surface area contributed by atoms with E-state index >= 15 is 0 Å². The highest BCUT2D eigenvalue weighted by Gasteiger charge is 2.20. The smallest absolute Gasteiger partial charge is 0.338 e. The molecule has 0 bridgehead atoms. The molecule has 0 fully saturated rings. The topological polar surface area (TPSA) is 68.3 Å². The van der Waals surface area contributed by atoms with Crippen LogP contribution in [0.25, 0.3) is 0 Å². The van der Waals surface area contributed by atoms with Crippen LogP contribution in [0.1, 0.15) is 17.3 Å². The SMILES string of the molecule is CC(OC(=O)c1ccc(F)cc1)C(=O)Nc1ncc(Cl)cc1Cl. The molecule has 120 valence electrons. The number of amides is 1. The number of rotatable bonds is 4. The normalized spacial score (nSPS) is 11.7. The van der Waals surface area contributed by atoms with Crippen LogP contribution in [0.4, 0.5) is 10.2 Å². The van der Waals surface area contributed by atoms with Crippen LogP contribution >= 0.6 is 23.2 Å². The van der Waals surface area contributed by atoms with E-state index in [1.54, 1.807) is 0 Å². The van der Waals surface area contributed by atoms with Gasteiger partial charge in [-0.3, -0.25) is 4.79 Å². The van der Waals surface area contributed by atoms with E-state index in [1.165, 1.54) is 31.3 Å². The van der Waals surface area contributed by atoms with Gasteiger partial charge in [0.15, 0.2) is 11.9 Å². The Hall–Kier alpha value is -2.18. The summed E-state index contributed by atoms with van der Waals surface area (Å²) in [6.45, 7) is 1.39. The maximum absolute atomic E-state index is 12.8. The Bertz CT molecular complexity index is 738. The van der Waals surface area contributed by atoms with Crippen LogP contribution in [0.15, 0.2) is 36.5 Å². The number of hydrogen-bond donors (Lipinski definition) is 1. The van der Waals surface area contributed by atoms with Crippen molar-refractivity contribution in [2.75, 3.05) is 5.32 Å². The van der Waals surface area contributed by atoms with Crippen LogP contribution in [0.2, 0.25) is 10.0 Å². The number of hydrogen-bond acceptors (Lipinski definition) is 4. The number of benzene rings is 1. The van der Waals surface area contributed by atoms with Crippen molar-refractivity contribution in [3.63, 3.8) is 0 Å². The second-order valence-corrected chi connectivity index (χ2v) is 5.37. The Morgan fingerprint density at radius 2 is 1.91 bits per heavy atom. The Morgan fingerprint density at radius 1 is 1.26 bits per heavy atom. The molecule has 0 aliphatic heterocycles. The van der Waals surface area contributed by atoms with E-state index in [4.69, 9.17) is 27.9 Å². The summed E-state index contributed by atoms with van der Waals surface area (Å²) in [5.41, 5.74) is 0.133. The van der Waals surface area contributed by atoms with E-state index in [0.29, 0.717) is 5.02 Å². The van der Waals surface area contributed by atoms with Crippen molar-refractivity contribution in [1.29, 1.82) is 0 Å². The van der Waals surface area contributed by atoms with Crippen molar-refractivity contribution < 1.29 is 18.7 Å². The minimum Gasteiger partial charge on any atom is -0.449 e. The Morgan fingerprint density at radius 3 is 2.52 bits per heavy atom. The first-order valence-corrected chi connectivity index (χ1v) is 7.21. The van der Waals surface area contributed by atoms with Crippen LogP contribution in [-0.2, 0) is 9.53 Å². The van der Waals surface area contributed by atoms with E-state index in [9.17, 15) is 14.0 Å². The molecule has 5 nitrogen and oxygen atoms in total.